The summed E-state index contributed by atoms with van der Waals surface area (Å²) in [7, 11) is 2.16. The number of aromatic nitrogens is 4. The Morgan fingerprint density at radius 3 is 2.53 bits per heavy atom. The van der Waals surface area contributed by atoms with Crippen molar-refractivity contribution in [3.8, 4) is 10.6 Å². The Balaban J connectivity index is 1.46. The Morgan fingerprint density at radius 2 is 1.83 bits per heavy atom. The maximum Gasteiger partial charge on any atom is 0.228 e. The van der Waals surface area contributed by atoms with E-state index in [-0.39, 0.29) is 0 Å². The third kappa shape index (κ3) is 4.85. The quantitative estimate of drug-likeness (QED) is 0.621. The molecule has 0 atom stereocenters. The number of pyridine rings is 1. The summed E-state index contributed by atoms with van der Waals surface area (Å²) in [4.78, 5) is 23.9. The van der Waals surface area contributed by atoms with Crippen LogP contribution in [0.25, 0.3) is 10.6 Å². The molecule has 0 aromatic carbocycles. The molecule has 4 heterocycles. The van der Waals surface area contributed by atoms with Crippen LogP contribution >= 0.6 is 11.3 Å². The molecule has 4 rings (SSSR count). The predicted molar refractivity (Wildman–Crippen MR) is 124 cm³/mol. The van der Waals surface area contributed by atoms with Crippen LogP contribution < -0.4 is 15.5 Å². The van der Waals surface area contributed by atoms with Gasteiger partial charge in [0.1, 0.15) is 5.82 Å². The minimum atomic E-state index is 0.339. The molecule has 30 heavy (non-hydrogen) atoms. The van der Waals surface area contributed by atoms with E-state index < -0.39 is 0 Å². The van der Waals surface area contributed by atoms with Crippen LogP contribution in [0.5, 0.6) is 0 Å². The third-order valence-corrected chi connectivity index (χ3v) is 6.06. The monoisotopic (exact) mass is 424 g/mol. The van der Waals surface area contributed by atoms with E-state index in [0.29, 0.717) is 12.0 Å². The van der Waals surface area contributed by atoms with E-state index in [1.807, 2.05) is 25.3 Å². The van der Waals surface area contributed by atoms with E-state index in [4.69, 9.17) is 0 Å². The van der Waals surface area contributed by atoms with Crippen LogP contribution in [0.2, 0.25) is 0 Å². The number of nitrogens with one attached hydrogen (secondary N) is 2. The molecule has 1 saturated heterocycles. The zero-order chi connectivity index (χ0) is 21.1. The second kappa shape index (κ2) is 8.93. The van der Waals surface area contributed by atoms with Gasteiger partial charge in [-0.3, -0.25) is 0 Å². The molecule has 9 heteroatoms. The molecule has 1 aliphatic rings. The van der Waals surface area contributed by atoms with E-state index in [1.54, 1.807) is 17.5 Å². The van der Waals surface area contributed by atoms with Gasteiger partial charge in [0.15, 0.2) is 5.13 Å². The maximum absolute atomic E-state index is 4.68. The van der Waals surface area contributed by atoms with Gasteiger partial charge in [0.05, 0.1) is 28.1 Å². The van der Waals surface area contributed by atoms with Gasteiger partial charge in [-0.15, -0.1) is 0 Å². The molecule has 3 aromatic heterocycles. The van der Waals surface area contributed by atoms with Gasteiger partial charge >= 0.3 is 0 Å². The van der Waals surface area contributed by atoms with Gasteiger partial charge in [-0.1, -0.05) is 11.3 Å². The standard InChI is InChI=1S/C21H28N8S/c1-14(2)24-21-25-15(3)19(30-21)17-7-8-22-20(26-17)27-18-6-5-16(13-23-18)29-11-9-28(4)10-12-29/h5-8,13-14H,9-12H2,1-4H3,(H,24,25)(H,22,23,26,27). The Bertz CT molecular complexity index is 977. The van der Waals surface area contributed by atoms with Gasteiger partial charge in [-0.2, -0.15) is 0 Å². The second-order valence-electron chi connectivity index (χ2n) is 7.82. The fraction of sp³-hybridized carbons (Fsp3) is 0.429. The number of rotatable bonds is 6. The molecule has 2 N–H and O–H groups in total. The number of anilines is 4. The van der Waals surface area contributed by atoms with Crippen molar-refractivity contribution < 1.29 is 0 Å². The summed E-state index contributed by atoms with van der Waals surface area (Å²) in [6.45, 7) is 10.4. The average molecular weight is 425 g/mol. The molecule has 158 valence electrons. The smallest absolute Gasteiger partial charge is 0.228 e. The van der Waals surface area contributed by atoms with Crippen molar-refractivity contribution in [3.05, 3.63) is 36.3 Å². The Kier molecular flexibility index (Phi) is 6.10. The molecule has 0 spiro atoms. The number of hydrogen-bond acceptors (Lipinski definition) is 9. The molecule has 3 aromatic rings. The van der Waals surface area contributed by atoms with E-state index in [9.17, 15) is 0 Å². The summed E-state index contributed by atoms with van der Waals surface area (Å²) >= 11 is 1.61. The highest BCUT2D eigenvalue weighted by atomic mass is 32.1. The van der Waals surface area contributed by atoms with Crippen LogP contribution in [0.1, 0.15) is 19.5 Å². The number of piperazine rings is 1. The highest BCUT2D eigenvalue weighted by Crippen LogP contribution is 2.32. The third-order valence-electron chi connectivity index (χ3n) is 4.95. The minimum Gasteiger partial charge on any atom is -0.368 e. The molecule has 0 saturated carbocycles. The summed E-state index contributed by atoms with van der Waals surface area (Å²) < 4.78 is 0. The fourth-order valence-corrected chi connectivity index (χ4v) is 4.40. The SMILES string of the molecule is Cc1nc(NC(C)C)sc1-c1ccnc(Nc2ccc(N3CCN(C)CC3)cn2)n1. The molecule has 0 unspecified atom stereocenters. The van der Waals surface area contributed by atoms with Gasteiger partial charge in [0.25, 0.3) is 0 Å². The zero-order valence-electron chi connectivity index (χ0n) is 17.9. The normalized spacial score (nSPS) is 14.9. The van der Waals surface area contributed by atoms with E-state index in [2.05, 4.69) is 67.3 Å². The zero-order valence-corrected chi connectivity index (χ0v) is 18.7. The first-order chi connectivity index (χ1) is 14.5. The van der Waals surface area contributed by atoms with Crippen molar-refractivity contribution in [1.82, 2.24) is 24.8 Å². The lowest BCUT2D eigenvalue weighted by Crippen LogP contribution is -2.44. The molecule has 8 nitrogen and oxygen atoms in total. The minimum absolute atomic E-state index is 0.339. The number of nitrogens with zero attached hydrogens (tertiary/aromatic N) is 6. The maximum atomic E-state index is 4.68. The van der Waals surface area contributed by atoms with Crippen LogP contribution in [0.15, 0.2) is 30.6 Å². The first-order valence-electron chi connectivity index (χ1n) is 10.2. The average Bonchev–Trinajstić information content (AvgIpc) is 3.09. The van der Waals surface area contributed by atoms with Gasteiger partial charge in [0.2, 0.25) is 5.95 Å². The van der Waals surface area contributed by atoms with Gasteiger partial charge in [-0.05, 0) is 46.0 Å². The molecule has 0 bridgehead atoms. The Morgan fingerprint density at radius 1 is 1.03 bits per heavy atom. The van der Waals surface area contributed by atoms with E-state index in [1.165, 1.54) is 0 Å². The van der Waals surface area contributed by atoms with Crippen molar-refractivity contribution >= 4 is 33.9 Å². The van der Waals surface area contributed by atoms with Crippen LogP contribution in [-0.2, 0) is 0 Å². The van der Waals surface area contributed by atoms with Crippen molar-refractivity contribution in [3.63, 3.8) is 0 Å². The lowest BCUT2D eigenvalue weighted by molar-refractivity contribution is 0.313. The highest BCUT2D eigenvalue weighted by molar-refractivity contribution is 7.19. The topological polar surface area (TPSA) is 82.1 Å². The molecule has 1 aliphatic heterocycles. The van der Waals surface area contributed by atoms with E-state index >= 15 is 0 Å². The number of aryl methyl sites for hydroxylation is 1. The first-order valence-corrected chi connectivity index (χ1v) is 11.0. The molecule has 0 amide bonds. The second-order valence-corrected chi connectivity index (χ2v) is 8.81. The van der Waals surface area contributed by atoms with Crippen LogP contribution in [0, 0.1) is 6.92 Å². The van der Waals surface area contributed by atoms with Crippen molar-refractivity contribution in [1.29, 1.82) is 0 Å². The van der Waals surface area contributed by atoms with E-state index in [0.717, 1.165) is 59.1 Å². The van der Waals surface area contributed by atoms with Crippen molar-refractivity contribution in [2.75, 3.05) is 48.8 Å². The largest absolute Gasteiger partial charge is 0.368 e. The molecule has 0 aliphatic carbocycles. The van der Waals surface area contributed by atoms with Crippen molar-refractivity contribution in [2.45, 2.75) is 26.8 Å². The number of thiazole rings is 1. The van der Waals surface area contributed by atoms with Crippen LogP contribution in [0.3, 0.4) is 0 Å². The Hall–Kier alpha value is -2.78. The lowest BCUT2D eigenvalue weighted by atomic mass is 10.3. The summed E-state index contributed by atoms with van der Waals surface area (Å²) in [6, 6.07) is 6.33. The number of hydrogen-bond donors (Lipinski definition) is 2. The Labute approximate surface area is 181 Å². The molecular formula is C21H28N8S. The van der Waals surface area contributed by atoms with Crippen LogP contribution in [0.4, 0.5) is 22.6 Å². The van der Waals surface area contributed by atoms with Gasteiger partial charge in [0, 0.05) is 38.4 Å². The number of likely N-dealkylation sites (N-methyl/N-ethyl adjacent to an activating group) is 1. The van der Waals surface area contributed by atoms with Crippen molar-refractivity contribution in [2.24, 2.45) is 0 Å². The predicted octanol–water partition coefficient (Wildman–Crippen LogP) is 3.62. The van der Waals surface area contributed by atoms with Gasteiger partial charge in [-0.25, -0.2) is 19.9 Å². The summed E-state index contributed by atoms with van der Waals surface area (Å²) in [5.41, 5.74) is 2.96. The summed E-state index contributed by atoms with van der Waals surface area (Å²) in [6.07, 6.45) is 3.67. The first kappa shape index (κ1) is 20.5. The van der Waals surface area contributed by atoms with Gasteiger partial charge < -0.3 is 20.4 Å². The summed E-state index contributed by atoms with van der Waals surface area (Å²) in [5.74, 6) is 1.26. The summed E-state index contributed by atoms with van der Waals surface area (Å²) in [5, 5.41) is 7.48. The molecule has 1 fully saturated rings. The highest BCUT2D eigenvalue weighted by Gasteiger charge is 2.15. The lowest BCUT2D eigenvalue weighted by Gasteiger charge is -2.33. The molecular weight excluding hydrogens is 396 g/mol. The fourth-order valence-electron chi connectivity index (χ4n) is 3.31. The molecule has 0 radical (unpaired) electrons. The van der Waals surface area contributed by atoms with Crippen LogP contribution in [-0.4, -0.2) is 64.1 Å².